The monoisotopic (exact) mass is 347 g/mol. The number of benzene rings is 1. The summed E-state index contributed by atoms with van der Waals surface area (Å²) in [5, 5.41) is 3.35. The van der Waals surface area contributed by atoms with Crippen molar-refractivity contribution in [2.45, 2.75) is 26.8 Å². The minimum absolute atomic E-state index is 0. The summed E-state index contributed by atoms with van der Waals surface area (Å²) in [7, 11) is 0. The van der Waals surface area contributed by atoms with Gasteiger partial charge in [-0.15, -0.1) is 12.4 Å². The first-order chi connectivity index (χ1) is 11.2. The van der Waals surface area contributed by atoms with Crippen LogP contribution in [0.5, 0.6) is 0 Å². The molecule has 4 nitrogen and oxygen atoms in total. The zero-order valence-corrected chi connectivity index (χ0v) is 15.2. The summed E-state index contributed by atoms with van der Waals surface area (Å²) in [6.07, 6.45) is 1.02. The molecule has 0 unspecified atom stereocenters. The number of carbonyl (C=O) groups excluding carboxylic acids is 1. The number of hydrogen-bond donors (Lipinski definition) is 1. The summed E-state index contributed by atoms with van der Waals surface area (Å²) in [6, 6.07) is 12.4. The SMILES string of the molecule is Cc1cc(C(=O)N2CCCNCC2)c(C)n1Cc1ccccc1.Cl. The van der Waals surface area contributed by atoms with E-state index < -0.39 is 0 Å². The summed E-state index contributed by atoms with van der Waals surface area (Å²) < 4.78 is 2.23. The Hall–Kier alpha value is -1.78. The van der Waals surface area contributed by atoms with Gasteiger partial charge < -0.3 is 14.8 Å². The number of halogens is 1. The highest BCUT2D eigenvalue weighted by Crippen LogP contribution is 2.19. The first kappa shape index (κ1) is 18.6. The maximum absolute atomic E-state index is 12.9. The second-order valence-corrected chi connectivity index (χ2v) is 6.25. The molecular weight excluding hydrogens is 322 g/mol. The molecule has 0 bridgehead atoms. The van der Waals surface area contributed by atoms with Gasteiger partial charge in [0.05, 0.1) is 5.56 Å². The summed E-state index contributed by atoms with van der Waals surface area (Å²) in [6.45, 7) is 8.46. The summed E-state index contributed by atoms with van der Waals surface area (Å²) in [5.74, 6) is 0.168. The van der Waals surface area contributed by atoms with Crippen LogP contribution in [-0.4, -0.2) is 41.6 Å². The van der Waals surface area contributed by atoms with Crippen molar-refractivity contribution in [1.29, 1.82) is 0 Å². The molecule has 0 saturated carbocycles. The van der Waals surface area contributed by atoms with Gasteiger partial charge in [-0.3, -0.25) is 4.79 Å². The topological polar surface area (TPSA) is 37.3 Å². The standard InChI is InChI=1S/C19H25N3O.ClH/c1-15-13-18(19(23)21-11-6-9-20-10-12-21)16(2)22(15)14-17-7-4-3-5-8-17;/h3-5,7-8,13,20H,6,9-12,14H2,1-2H3;1H. The van der Waals surface area contributed by atoms with E-state index in [0.29, 0.717) is 0 Å². The van der Waals surface area contributed by atoms with Crippen molar-refractivity contribution in [3.63, 3.8) is 0 Å². The van der Waals surface area contributed by atoms with Crippen LogP contribution in [0, 0.1) is 13.8 Å². The van der Waals surface area contributed by atoms with E-state index >= 15 is 0 Å². The highest BCUT2D eigenvalue weighted by atomic mass is 35.5. The molecule has 1 amide bonds. The molecule has 3 rings (SSSR count). The Balaban J connectivity index is 0.00000208. The maximum atomic E-state index is 12.9. The molecule has 130 valence electrons. The van der Waals surface area contributed by atoms with Crippen LogP contribution < -0.4 is 5.32 Å². The van der Waals surface area contributed by atoms with E-state index in [4.69, 9.17) is 0 Å². The third-order valence-corrected chi connectivity index (χ3v) is 4.61. The highest BCUT2D eigenvalue weighted by Gasteiger charge is 2.22. The van der Waals surface area contributed by atoms with Gasteiger partial charge in [0.1, 0.15) is 0 Å². The predicted molar refractivity (Wildman–Crippen MR) is 100 cm³/mol. The van der Waals surface area contributed by atoms with Crippen LogP contribution >= 0.6 is 12.4 Å². The molecule has 0 atom stereocenters. The first-order valence-corrected chi connectivity index (χ1v) is 8.37. The molecule has 1 fully saturated rings. The molecule has 0 spiro atoms. The van der Waals surface area contributed by atoms with E-state index in [2.05, 4.69) is 48.0 Å². The Morgan fingerprint density at radius 1 is 1.12 bits per heavy atom. The molecule has 1 aromatic carbocycles. The van der Waals surface area contributed by atoms with Gasteiger partial charge in [-0.05, 0) is 38.4 Å². The van der Waals surface area contributed by atoms with Gasteiger partial charge in [0.2, 0.25) is 0 Å². The molecular formula is C19H26ClN3O. The van der Waals surface area contributed by atoms with Crippen molar-refractivity contribution in [1.82, 2.24) is 14.8 Å². The van der Waals surface area contributed by atoms with Gasteiger partial charge in [-0.2, -0.15) is 0 Å². The first-order valence-electron chi connectivity index (χ1n) is 8.37. The van der Waals surface area contributed by atoms with Crippen LogP contribution in [0.3, 0.4) is 0 Å². The Labute approximate surface area is 150 Å². The Morgan fingerprint density at radius 3 is 2.62 bits per heavy atom. The molecule has 1 aliphatic heterocycles. The average Bonchev–Trinajstić information content (AvgIpc) is 2.78. The Bertz CT molecular complexity index is 673. The summed E-state index contributed by atoms with van der Waals surface area (Å²) >= 11 is 0. The average molecular weight is 348 g/mol. The Morgan fingerprint density at radius 2 is 1.88 bits per heavy atom. The van der Waals surface area contributed by atoms with Crippen molar-refractivity contribution < 1.29 is 4.79 Å². The molecule has 1 N–H and O–H groups in total. The van der Waals surface area contributed by atoms with E-state index in [1.54, 1.807) is 0 Å². The Kier molecular flexibility index (Phi) is 6.46. The third kappa shape index (κ3) is 4.00. The quantitative estimate of drug-likeness (QED) is 0.926. The van der Waals surface area contributed by atoms with E-state index in [1.165, 1.54) is 5.56 Å². The molecule has 24 heavy (non-hydrogen) atoms. The molecule has 2 heterocycles. The normalized spacial score (nSPS) is 14.8. The van der Waals surface area contributed by atoms with Crippen LogP contribution in [0.2, 0.25) is 0 Å². The van der Waals surface area contributed by atoms with Crippen molar-refractivity contribution >= 4 is 18.3 Å². The molecule has 2 aromatic rings. The predicted octanol–water partition coefficient (Wildman–Crippen LogP) is 3.01. The molecule has 1 aromatic heterocycles. The summed E-state index contributed by atoms with van der Waals surface area (Å²) in [5.41, 5.74) is 4.31. The number of aromatic nitrogens is 1. The van der Waals surface area contributed by atoms with Crippen LogP contribution in [-0.2, 0) is 6.54 Å². The molecule has 1 saturated heterocycles. The lowest BCUT2D eigenvalue weighted by molar-refractivity contribution is 0.0765. The fourth-order valence-corrected chi connectivity index (χ4v) is 3.25. The van der Waals surface area contributed by atoms with Gasteiger partial charge in [-0.25, -0.2) is 0 Å². The number of aryl methyl sites for hydroxylation is 1. The van der Waals surface area contributed by atoms with Crippen LogP contribution in [0.1, 0.15) is 33.7 Å². The van der Waals surface area contributed by atoms with Crippen molar-refractivity contribution in [3.05, 3.63) is 58.9 Å². The number of hydrogen-bond acceptors (Lipinski definition) is 2. The lowest BCUT2D eigenvalue weighted by Crippen LogP contribution is -2.34. The van der Waals surface area contributed by atoms with E-state index in [9.17, 15) is 4.79 Å². The highest BCUT2D eigenvalue weighted by molar-refractivity contribution is 5.95. The van der Waals surface area contributed by atoms with Crippen molar-refractivity contribution in [3.8, 4) is 0 Å². The van der Waals surface area contributed by atoms with Gasteiger partial charge in [-0.1, -0.05) is 30.3 Å². The minimum atomic E-state index is 0. The van der Waals surface area contributed by atoms with Crippen LogP contribution in [0.15, 0.2) is 36.4 Å². The molecule has 0 radical (unpaired) electrons. The van der Waals surface area contributed by atoms with Crippen molar-refractivity contribution in [2.75, 3.05) is 26.2 Å². The van der Waals surface area contributed by atoms with E-state index in [-0.39, 0.29) is 18.3 Å². The fourth-order valence-electron chi connectivity index (χ4n) is 3.25. The second-order valence-electron chi connectivity index (χ2n) is 6.25. The number of carbonyl (C=O) groups is 1. The zero-order valence-electron chi connectivity index (χ0n) is 14.4. The van der Waals surface area contributed by atoms with Gasteiger partial charge in [0.25, 0.3) is 5.91 Å². The fraction of sp³-hybridized carbons (Fsp3) is 0.421. The smallest absolute Gasteiger partial charge is 0.255 e. The van der Waals surface area contributed by atoms with E-state index in [0.717, 1.165) is 56.1 Å². The summed E-state index contributed by atoms with van der Waals surface area (Å²) in [4.78, 5) is 14.9. The van der Waals surface area contributed by atoms with Crippen LogP contribution in [0.25, 0.3) is 0 Å². The number of nitrogens with one attached hydrogen (secondary N) is 1. The third-order valence-electron chi connectivity index (χ3n) is 4.61. The van der Waals surface area contributed by atoms with Gasteiger partial charge >= 0.3 is 0 Å². The van der Waals surface area contributed by atoms with E-state index in [1.807, 2.05) is 17.0 Å². The lowest BCUT2D eigenvalue weighted by Gasteiger charge is -2.20. The van der Waals surface area contributed by atoms with Gasteiger partial charge in [0, 0.05) is 37.6 Å². The molecule has 5 heteroatoms. The number of rotatable bonds is 3. The maximum Gasteiger partial charge on any atom is 0.255 e. The lowest BCUT2D eigenvalue weighted by atomic mass is 10.2. The number of nitrogens with zero attached hydrogens (tertiary/aromatic N) is 2. The second kappa shape index (κ2) is 8.36. The van der Waals surface area contributed by atoms with Gasteiger partial charge in [0.15, 0.2) is 0 Å². The molecule has 1 aliphatic rings. The van der Waals surface area contributed by atoms with Crippen molar-refractivity contribution in [2.24, 2.45) is 0 Å². The van der Waals surface area contributed by atoms with Crippen LogP contribution in [0.4, 0.5) is 0 Å². The number of amides is 1. The minimum Gasteiger partial charge on any atom is -0.344 e. The largest absolute Gasteiger partial charge is 0.344 e. The molecule has 0 aliphatic carbocycles. The zero-order chi connectivity index (χ0) is 16.2.